The van der Waals surface area contributed by atoms with Gasteiger partial charge in [0.25, 0.3) is 0 Å². The average molecular weight is 324 g/mol. The molecule has 0 aliphatic carbocycles. The topological polar surface area (TPSA) is 57.0 Å². The highest BCUT2D eigenvalue weighted by molar-refractivity contribution is 9.10. The van der Waals surface area contributed by atoms with Crippen LogP contribution >= 0.6 is 15.9 Å². The van der Waals surface area contributed by atoms with Crippen LogP contribution in [-0.2, 0) is 13.2 Å². The minimum absolute atomic E-state index is 0.333. The summed E-state index contributed by atoms with van der Waals surface area (Å²) in [6, 6.07) is 5.28. The van der Waals surface area contributed by atoms with Gasteiger partial charge in [-0.1, -0.05) is 22.9 Å². The van der Waals surface area contributed by atoms with Crippen LogP contribution in [0.25, 0.3) is 0 Å². The molecule has 2 aromatic rings. The lowest BCUT2D eigenvalue weighted by Gasteiger charge is -2.08. The number of carbonyl (C=O) groups is 1. The van der Waals surface area contributed by atoms with Crippen LogP contribution in [0.5, 0.6) is 5.75 Å². The van der Waals surface area contributed by atoms with Gasteiger partial charge >= 0.3 is 0 Å². The molecule has 0 fully saturated rings. The van der Waals surface area contributed by atoms with Crippen LogP contribution in [0.4, 0.5) is 0 Å². The van der Waals surface area contributed by atoms with Crippen LogP contribution in [-0.4, -0.2) is 21.1 Å². The maximum atomic E-state index is 10.8. The van der Waals surface area contributed by atoms with Crippen LogP contribution in [0.15, 0.2) is 29.0 Å². The molecule has 0 saturated heterocycles. The molecule has 0 N–H and O–H groups in total. The number of ether oxygens (including phenoxy) is 1. The Morgan fingerprint density at radius 1 is 1.47 bits per heavy atom. The SMILES string of the molecule is CCCn1ncnc1COc1ccc(Br)c(C=O)c1. The second kappa shape index (κ2) is 6.47. The second-order valence-corrected chi connectivity index (χ2v) is 4.84. The summed E-state index contributed by atoms with van der Waals surface area (Å²) in [4.78, 5) is 15.0. The average Bonchev–Trinajstić information content (AvgIpc) is 2.86. The van der Waals surface area contributed by atoms with Crippen LogP contribution in [0.2, 0.25) is 0 Å². The third kappa shape index (κ3) is 3.41. The Balaban J connectivity index is 2.05. The smallest absolute Gasteiger partial charge is 0.164 e. The summed E-state index contributed by atoms with van der Waals surface area (Å²) in [5, 5.41) is 4.13. The lowest BCUT2D eigenvalue weighted by atomic mass is 10.2. The Morgan fingerprint density at radius 3 is 3.05 bits per heavy atom. The highest BCUT2D eigenvalue weighted by atomic mass is 79.9. The van der Waals surface area contributed by atoms with E-state index in [0.29, 0.717) is 17.9 Å². The van der Waals surface area contributed by atoms with Gasteiger partial charge in [0.2, 0.25) is 0 Å². The molecule has 2 rings (SSSR count). The first-order valence-corrected chi connectivity index (χ1v) is 6.78. The van der Waals surface area contributed by atoms with Gasteiger partial charge in [-0.05, 0) is 24.6 Å². The van der Waals surface area contributed by atoms with E-state index in [2.05, 4.69) is 32.9 Å². The lowest BCUT2D eigenvalue weighted by Crippen LogP contribution is -2.08. The van der Waals surface area contributed by atoms with E-state index in [0.717, 1.165) is 29.5 Å². The van der Waals surface area contributed by atoms with Crippen molar-refractivity contribution in [3.05, 3.63) is 40.4 Å². The molecule has 0 aliphatic rings. The van der Waals surface area contributed by atoms with Gasteiger partial charge in [0.15, 0.2) is 12.1 Å². The van der Waals surface area contributed by atoms with Crippen molar-refractivity contribution in [2.75, 3.05) is 0 Å². The number of halogens is 1. The van der Waals surface area contributed by atoms with Gasteiger partial charge in [-0.15, -0.1) is 0 Å². The van der Waals surface area contributed by atoms with Crippen LogP contribution in [0.3, 0.4) is 0 Å². The number of benzene rings is 1. The third-order valence-corrected chi connectivity index (χ3v) is 3.32. The predicted molar refractivity (Wildman–Crippen MR) is 74.2 cm³/mol. The Kier molecular flexibility index (Phi) is 4.68. The van der Waals surface area contributed by atoms with Crippen molar-refractivity contribution in [2.24, 2.45) is 0 Å². The maximum Gasteiger partial charge on any atom is 0.164 e. The zero-order valence-electron chi connectivity index (χ0n) is 10.5. The Labute approximate surface area is 119 Å². The number of rotatable bonds is 6. The van der Waals surface area contributed by atoms with E-state index in [1.807, 2.05) is 4.68 Å². The minimum atomic E-state index is 0.333. The fraction of sp³-hybridized carbons (Fsp3) is 0.308. The van der Waals surface area contributed by atoms with E-state index in [9.17, 15) is 4.79 Å². The van der Waals surface area contributed by atoms with Crippen molar-refractivity contribution in [1.29, 1.82) is 0 Å². The molecule has 0 unspecified atom stereocenters. The molecule has 0 atom stereocenters. The number of nitrogens with zero attached hydrogens (tertiary/aromatic N) is 3. The quantitative estimate of drug-likeness (QED) is 0.767. The Bertz CT molecular complexity index is 569. The molecule has 0 bridgehead atoms. The number of aryl methyl sites for hydroxylation is 1. The number of aldehydes is 1. The Morgan fingerprint density at radius 2 is 2.32 bits per heavy atom. The molecule has 0 radical (unpaired) electrons. The molecular formula is C13H14BrN3O2. The zero-order chi connectivity index (χ0) is 13.7. The van der Waals surface area contributed by atoms with Crippen molar-refractivity contribution in [3.8, 4) is 5.75 Å². The maximum absolute atomic E-state index is 10.8. The molecule has 1 aromatic carbocycles. The van der Waals surface area contributed by atoms with Gasteiger partial charge in [0.1, 0.15) is 18.7 Å². The summed E-state index contributed by atoms with van der Waals surface area (Å²) in [6.07, 6.45) is 3.30. The molecule has 0 spiro atoms. The summed E-state index contributed by atoms with van der Waals surface area (Å²) in [7, 11) is 0. The van der Waals surface area contributed by atoms with E-state index in [1.165, 1.54) is 6.33 Å². The first kappa shape index (κ1) is 13.7. The normalized spacial score (nSPS) is 10.4. The molecule has 1 aromatic heterocycles. The number of aromatic nitrogens is 3. The van der Waals surface area contributed by atoms with Crippen molar-refractivity contribution in [1.82, 2.24) is 14.8 Å². The molecule has 1 heterocycles. The molecule has 0 saturated carbocycles. The lowest BCUT2D eigenvalue weighted by molar-refractivity contribution is 0.112. The van der Waals surface area contributed by atoms with Gasteiger partial charge < -0.3 is 4.74 Å². The zero-order valence-corrected chi connectivity index (χ0v) is 12.1. The summed E-state index contributed by atoms with van der Waals surface area (Å²) in [5.74, 6) is 1.41. The monoisotopic (exact) mass is 323 g/mol. The summed E-state index contributed by atoms with van der Waals surface area (Å²) in [5.41, 5.74) is 0.563. The minimum Gasteiger partial charge on any atom is -0.486 e. The number of carbonyl (C=O) groups excluding carboxylic acids is 1. The molecule has 6 heteroatoms. The van der Waals surface area contributed by atoms with Crippen molar-refractivity contribution in [3.63, 3.8) is 0 Å². The van der Waals surface area contributed by atoms with Gasteiger partial charge in [-0.3, -0.25) is 4.79 Å². The first-order valence-electron chi connectivity index (χ1n) is 5.98. The predicted octanol–water partition coefficient (Wildman–Crippen LogP) is 2.84. The summed E-state index contributed by atoms with van der Waals surface area (Å²) in [6.45, 7) is 3.23. The summed E-state index contributed by atoms with van der Waals surface area (Å²) < 4.78 is 8.20. The third-order valence-electron chi connectivity index (χ3n) is 2.59. The van der Waals surface area contributed by atoms with Gasteiger partial charge in [-0.2, -0.15) is 5.10 Å². The van der Waals surface area contributed by atoms with Crippen LogP contribution in [0, 0.1) is 0 Å². The Hall–Kier alpha value is -1.69. The number of hydrogen-bond donors (Lipinski definition) is 0. The highest BCUT2D eigenvalue weighted by Crippen LogP contribution is 2.21. The molecular weight excluding hydrogens is 310 g/mol. The van der Waals surface area contributed by atoms with E-state index in [1.54, 1.807) is 18.2 Å². The molecule has 19 heavy (non-hydrogen) atoms. The number of hydrogen-bond acceptors (Lipinski definition) is 4. The van der Waals surface area contributed by atoms with Gasteiger partial charge in [0.05, 0.1) is 0 Å². The van der Waals surface area contributed by atoms with Gasteiger partial charge in [-0.25, -0.2) is 9.67 Å². The molecule has 0 amide bonds. The second-order valence-electron chi connectivity index (χ2n) is 3.99. The fourth-order valence-electron chi connectivity index (χ4n) is 1.65. The van der Waals surface area contributed by atoms with E-state index in [4.69, 9.17) is 4.74 Å². The van der Waals surface area contributed by atoms with Gasteiger partial charge in [0, 0.05) is 16.6 Å². The van der Waals surface area contributed by atoms with Crippen LogP contribution < -0.4 is 4.74 Å². The van der Waals surface area contributed by atoms with Crippen molar-refractivity contribution < 1.29 is 9.53 Å². The summed E-state index contributed by atoms with van der Waals surface area (Å²) >= 11 is 3.30. The standard InChI is InChI=1S/C13H14BrN3O2/c1-2-5-17-13(15-9-16-17)8-19-11-3-4-12(14)10(6-11)7-18/h3-4,6-7,9H,2,5,8H2,1H3. The van der Waals surface area contributed by atoms with Crippen molar-refractivity contribution >= 4 is 22.2 Å². The highest BCUT2D eigenvalue weighted by Gasteiger charge is 2.06. The van der Waals surface area contributed by atoms with E-state index in [-0.39, 0.29) is 0 Å². The fourth-order valence-corrected chi connectivity index (χ4v) is 1.99. The molecule has 100 valence electrons. The largest absolute Gasteiger partial charge is 0.486 e. The van der Waals surface area contributed by atoms with E-state index >= 15 is 0 Å². The van der Waals surface area contributed by atoms with Crippen LogP contribution in [0.1, 0.15) is 29.5 Å². The molecule has 0 aliphatic heterocycles. The first-order chi connectivity index (χ1) is 9.24. The van der Waals surface area contributed by atoms with Crippen molar-refractivity contribution in [2.45, 2.75) is 26.5 Å². The molecule has 5 nitrogen and oxygen atoms in total. The van der Waals surface area contributed by atoms with E-state index < -0.39 is 0 Å².